The number of nitrogens with zero attached hydrogens (tertiary/aromatic N) is 1. The molecule has 2 aliphatic rings. The van der Waals surface area contributed by atoms with E-state index in [0.29, 0.717) is 38.8 Å². The summed E-state index contributed by atoms with van der Waals surface area (Å²) < 4.78 is 25.2. The highest BCUT2D eigenvalue weighted by atomic mass is 31.2. The Morgan fingerprint density at radius 2 is 1.43 bits per heavy atom. The molecule has 6 nitrogen and oxygen atoms in total. The van der Waals surface area contributed by atoms with Gasteiger partial charge in [0.2, 0.25) is 5.91 Å². The fourth-order valence-corrected chi connectivity index (χ4v) is 7.93. The van der Waals surface area contributed by atoms with Gasteiger partial charge in [0, 0.05) is 13.1 Å². The smallest absolute Gasteiger partial charge is 0.330 e. The van der Waals surface area contributed by atoms with Gasteiger partial charge in [-0.3, -0.25) is 9.36 Å². The van der Waals surface area contributed by atoms with E-state index in [1.165, 1.54) is 19.3 Å². The number of benzene rings is 2. The lowest BCUT2D eigenvalue weighted by Gasteiger charge is -2.32. The van der Waals surface area contributed by atoms with E-state index >= 15 is 0 Å². The Kier molecular flexibility index (Phi) is 11.8. The van der Waals surface area contributed by atoms with Crippen molar-refractivity contribution in [2.75, 3.05) is 45.6 Å². The van der Waals surface area contributed by atoms with Gasteiger partial charge in [0.05, 0.1) is 19.4 Å². The number of hydrogen-bond acceptors (Lipinski definition) is 5. The number of hydrogen-bond donors (Lipinski definition) is 1. The van der Waals surface area contributed by atoms with E-state index in [1.807, 2.05) is 12.1 Å². The minimum absolute atomic E-state index is 0.0727. The molecular weight excluding hydrogens is 519 g/mol. The largest absolute Gasteiger partial charge is 0.354 e. The highest BCUT2D eigenvalue weighted by Gasteiger charge is 2.48. The zero-order valence-corrected chi connectivity index (χ0v) is 25.6. The van der Waals surface area contributed by atoms with Crippen LogP contribution in [0.2, 0.25) is 0 Å². The molecule has 40 heavy (non-hydrogen) atoms. The molecule has 0 atom stereocenters. The second-order valence-electron chi connectivity index (χ2n) is 11.3. The van der Waals surface area contributed by atoms with Crippen LogP contribution in [0, 0.1) is 0 Å². The van der Waals surface area contributed by atoms with Crippen LogP contribution in [0.3, 0.4) is 0 Å². The van der Waals surface area contributed by atoms with Crippen LogP contribution in [-0.2, 0) is 23.8 Å². The first kappa shape index (κ1) is 31.0. The molecule has 1 fully saturated rings. The van der Waals surface area contributed by atoms with E-state index in [-0.39, 0.29) is 5.91 Å². The van der Waals surface area contributed by atoms with Gasteiger partial charge in [0.25, 0.3) is 0 Å². The number of unbranched alkanes of at least 4 members (excludes halogenated alkanes) is 3. The summed E-state index contributed by atoms with van der Waals surface area (Å²) >= 11 is 0. The van der Waals surface area contributed by atoms with Crippen LogP contribution in [0.15, 0.2) is 48.5 Å². The van der Waals surface area contributed by atoms with E-state index in [4.69, 9.17) is 9.05 Å². The van der Waals surface area contributed by atoms with Gasteiger partial charge in [0.15, 0.2) is 0 Å². The maximum absolute atomic E-state index is 14.2. The average Bonchev–Trinajstić information content (AvgIpc) is 3.27. The Balaban J connectivity index is 1.50. The second-order valence-corrected chi connectivity index (χ2v) is 13.5. The molecule has 1 aliphatic carbocycles. The normalized spacial score (nSPS) is 16.4. The van der Waals surface area contributed by atoms with E-state index in [1.54, 1.807) is 0 Å². The molecule has 7 heteroatoms. The topological polar surface area (TPSA) is 67.9 Å². The van der Waals surface area contributed by atoms with Gasteiger partial charge < -0.3 is 19.3 Å². The van der Waals surface area contributed by atoms with Gasteiger partial charge in [0.1, 0.15) is 5.41 Å². The van der Waals surface area contributed by atoms with Gasteiger partial charge in [-0.15, -0.1) is 0 Å². The zero-order valence-electron chi connectivity index (χ0n) is 24.7. The molecule has 1 saturated heterocycles. The van der Waals surface area contributed by atoms with Crippen molar-refractivity contribution in [2.45, 2.75) is 83.5 Å². The molecule has 1 heterocycles. The van der Waals surface area contributed by atoms with Gasteiger partial charge >= 0.3 is 7.60 Å². The quantitative estimate of drug-likeness (QED) is 0.158. The molecule has 0 saturated carbocycles. The number of carbonyl (C=O) groups is 1. The zero-order chi connectivity index (χ0) is 28.3. The number of nitrogens with one attached hydrogen (secondary N) is 1. The van der Waals surface area contributed by atoms with Crippen LogP contribution in [0.5, 0.6) is 0 Å². The van der Waals surface area contributed by atoms with Gasteiger partial charge in [-0.25, -0.2) is 0 Å². The first-order chi connectivity index (χ1) is 19.5. The van der Waals surface area contributed by atoms with Crippen LogP contribution in [0.4, 0.5) is 0 Å². The Morgan fingerprint density at radius 3 is 2.00 bits per heavy atom. The lowest BCUT2D eigenvalue weighted by Crippen LogP contribution is -2.47. The summed E-state index contributed by atoms with van der Waals surface area (Å²) in [5.74, 6) is 0.0727. The molecule has 220 valence electrons. The van der Waals surface area contributed by atoms with Gasteiger partial charge in [-0.2, -0.15) is 0 Å². The summed E-state index contributed by atoms with van der Waals surface area (Å²) in [6.45, 7) is 8.89. The van der Waals surface area contributed by atoms with Crippen molar-refractivity contribution in [3.63, 3.8) is 0 Å². The third kappa shape index (κ3) is 7.45. The van der Waals surface area contributed by atoms with Crippen molar-refractivity contribution in [1.82, 2.24) is 10.2 Å². The predicted molar refractivity (Wildman–Crippen MR) is 164 cm³/mol. The average molecular weight is 569 g/mol. The summed E-state index contributed by atoms with van der Waals surface area (Å²) in [6.07, 6.45) is 9.98. The third-order valence-corrected chi connectivity index (χ3v) is 10.4. The van der Waals surface area contributed by atoms with E-state index in [0.717, 1.165) is 74.0 Å². The highest BCUT2D eigenvalue weighted by Crippen LogP contribution is 2.53. The van der Waals surface area contributed by atoms with Crippen molar-refractivity contribution < 1.29 is 18.4 Å². The molecule has 0 aromatic heterocycles. The molecule has 0 bridgehead atoms. The fraction of sp³-hybridized carbons (Fsp3) is 0.606. The summed E-state index contributed by atoms with van der Waals surface area (Å²) in [5.41, 5.74) is 3.67. The maximum atomic E-state index is 14.2. The molecule has 2 aromatic carbocycles. The van der Waals surface area contributed by atoms with Crippen LogP contribution >= 0.6 is 7.60 Å². The SMILES string of the molecule is CCCCOP(=O)(CCCCC1(C(=O)NCCN2CCCCC2)c2ccccc2-c2ccccc21)OCCCC. The second kappa shape index (κ2) is 15.3. The lowest BCUT2D eigenvalue weighted by atomic mass is 9.73. The molecule has 1 aliphatic heterocycles. The van der Waals surface area contributed by atoms with Crippen LogP contribution < -0.4 is 5.32 Å². The van der Waals surface area contributed by atoms with Crippen molar-refractivity contribution in [3.05, 3.63) is 59.7 Å². The minimum Gasteiger partial charge on any atom is -0.354 e. The van der Waals surface area contributed by atoms with E-state index in [2.05, 4.69) is 60.5 Å². The molecule has 4 rings (SSSR count). The number of rotatable bonds is 17. The Bertz CT molecular complexity index is 1070. The predicted octanol–water partition coefficient (Wildman–Crippen LogP) is 7.55. The van der Waals surface area contributed by atoms with Crippen molar-refractivity contribution in [1.29, 1.82) is 0 Å². The molecule has 1 N–H and O–H groups in total. The fourth-order valence-electron chi connectivity index (χ4n) is 6.17. The third-order valence-electron chi connectivity index (χ3n) is 8.42. The molecule has 0 radical (unpaired) electrons. The standard InChI is InChI=1S/C33H49N2O4P/c1-3-5-25-38-40(37,39-26-6-4-2)27-15-12-20-33(32(36)34-21-24-35-22-13-7-14-23-35)30-18-10-8-16-28(30)29-17-9-11-19-31(29)33/h8-11,16-19H,3-7,12-15,20-27H2,1-2H3,(H,34,36). The van der Waals surface area contributed by atoms with Crippen molar-refractivity contribution >= 4 is 13.5 Å². The summed E-state index contributed by atoms with van der Waals surface area (Å²) in [5, 5.41) is 3.34. The molecule has 2 aromatic rings. The highest BCUT2D eigenvalue weighted by molar-refractivity contribution is 7.53. The summed E-state index contributed by atoms with van der Waals surface area (Å²) in [4.78, 5) is 16.7. The molecular formula is C33H49N2O4P. The van der Waals surface area contributed by atoms with E-state index in [9.17, 15) is 9.36 Å². The van der Waals surface area contributed by atoms with Crippen molar-refractivity contribution in [2.24, 2.45) is 0 Å². The maximum Gasteiger partial charge on any atom is 0.330 e. The number of amides is 1. The van der Waals surface area contributed by atoms with Crippen LogP contribution in [0.1, 0.15) is 89.2 Å². The van der Waals surface area contributed by atoms with Gasteiger partial charge in [-0.1, -0.05) is 88.1 Å². The number of piperidine rings is 1. The summed E-state index contributed by atoms with van der Waals surface area (Å²) in [7, 11) is -3.16. The molecule has 0 unspecified atom stereocenters. The van der Waals surface area contributed by atoms with Crippen LogP contribution in [0.25, 0.3) is 11.1 Å². The number of carbonyl (C=O) groups excluding carboxylic acids is 1. The van der Waals surface area contributed by atoms with Crippen molar-refractivity contribution in [3.8, 4) is 11.1 Å². The first-order valence-electron chi connectivity index (χ1n) is 15.6. The Labute approximate surface area is 241 Å². The van der Waals surface area contributed by atoms with Gasteiger partial charge in [-0.05, 0) is 73.9 Å². The first-order valence-corrected chi connectivity index (χ1v) is 17.3. The number of fused-ring (bicyclic) bond motifs is 3. The van der Waals surface area contributed by atoms with E-state index < -0.39 is 13.0 Å². The summed E-state index contributed by atoms with van der Waals surface area (Å²) in [6, 6.07) is 16.7. The van der Waals surface area contributed by atoms with Crippen LogP contribution in [-0.4, -0.2) is 56.4 Å². The monoisotopic (exact) mass is 568 g/mol. The molecule has 1 amide bonds. The number of likely N-dealkylation sites (tertiary alicyclic amines) is 1. The Hall–Kier alpha value is -1.98. The molecule has 0 spiro atoms. The Morgan fingerprint density at radius 1 is 0.850 bits per heavy atom. The lowest BCUT2D eigenvalue weighted by molar-refractivity contribution is -0.125. The minimum atomic E-state index is -3.16.